The molecule has 0 aliphatic carbocycles. The average Bonchev–Trinajstić information content (AvgIpc) is 3.32. The van der Waals surface area contributed by atoms with Gasteiger partial charge in [-0.2, -0.15) is 4.98 Å². The number of rotatable bonds is 6. The molecule has 11 heteroatoms. The first-order chi connectivity index (χ1) is 16.9. The van der Waals surface area contributed by atoms with Gasteiger partial charge >= 0.3 is 0 Å². The van der Waals surface area contributed by atoms with Crippen LogP contribution in [0.15, 0.2) is 46.1 Å². The number of carbonyl (C=O) groups excluding carboxylic acids is 1. The third kappa shape index (κ3) is 4.52. The minimum absolute atomic E-state index is 0.0401. The lowest BCUT2D eigenvalue weighted by atomic mass is 9.97. The number of aromatic amines is 1. The van der Waals surface area contributed by atoms with Crippen LogP contribution in [0.1, 0.15) is 38.6 Å². The number of carbonyl (C=O) groups is 1. The third-order valence-electron chi connectivity index (χ3n) is 5.80. The zero-order chi connectivity index (χ0) is 24.5. The molecule has 0 atom stereocenters. The second-order valence-corrected chi connectivity index (χ2v) is 8.60. The Morgan fingerprint density at radius 3 is 2.86 bits per heavy atom. The molecular formula is C24H21ClN6O4. The van der Waals surface area contributed by atoms with Crippen LogP contribution in [0.4, 0.5) is 0 Å². The molecule has 3 aromatic heterocycles. The van der Waals surface area contributed by atoms with Crippen LogP contribution < -0.4 is 10.3 Å². The summed E-state index contributed by atoms with van der Waals surface area (Å²) in [4.78, 5) is 42.6. The number of fused-ring (bicyclic) bond motifs is 1. The van der Waals surface area contributed by atoms with Crippen molar-refractivity contribution in [1.29, 1.82) is 0 Å². The van der Waals surface area contributed by atoms with Crippen molar-refractivity contribution in [1.82, 2.24) is 30.0 Å². The Morgan fingerprint density at radius 1 is 1.23 bits per heavy atom. The molecule has 178 valence electrons. The molecule has 0 saturated heterocycles. The normalized spacial score (nSPS) is 13.1. The van der Waals surface area contributed by atoms with Crippen molar-refractivity contribution >= 4 is 17.5 Å². The average molecular weight is 493 g/mol. The number of H-pyrrole nitrogens is 1. The van der Waals surface area contributed by atoms with E-state index in [-0.39, 0.29) is 35.5 Å². The molecule has 0 saturated carbocycles. The molecule has 4 aromatic rings. The summed E-state index contributed by atoms with van der Waals surface area (Å²) >= 11 is 6.62. The molecule has 0 unspecified atom stereocenters. The third-order valence-corrected chi connectivity index (χ3v) is 6.17. The van der Waals surface area contributed by atoms with Gasteiger partial charge in [-0.05, 0) is 43.5 Å². The molecule has 0 radical (unpaired) electrons. The molecule has 0 spiro atoms. The predicted molar refractivity (Wildman–Crippen MR) is 126 cm³/mol. The number of hydrogen-bond donors (Lipinski definition) is 1. The molecule has 1 aromatic carbocycles. The number of benzene rings is 1. The molecule has 1 amide bonds. The molecule has 1 N–H and O–H groups in total. The van der Waals surface area contributed by atoms with Crippen LogP contribution in [0.3, 0.4) is 0 Å². The molecule has 1 aliphatic heterocycles. The van der Waals surface area contributed by atoms with E-state index in [4.69, 9.17) is 20.9 Å². The largest absolute Gasteiger partial charge is 0.482 e. The van der Waals surface area contributed by atoms with Crippen LogP contribution in [-0.4, -0.2) is 42.4 Å². The van der Waals surface area contributed by atoms with E-state index in [0.29, 0.717) is 41.4 Å². The summed E-state index contributed by atoms with van der Waals surface area (Å²) in [5.74, 6) is 0.593. The number of ether oxygens (including phenoxy) is 1. The summed E-state index contributed by atoms with van der Waals surface area (Å²) in [6.45, 7) is 4.34. The molecule has 0 bridgehead atoms. The minimum Gasteiger partial charge on any atom is -0.482 e. The number of aryl methyl sites for hydroxylation is 2. The topological polar surface area (TPSA) is 127 Å². The van der Waals surface area contributed by atoms with Crippen LogP contribution in [0.2, 0.25) is 5.02 Å². The summed E-state index contributed by atoms with van der Waals surface area (Å²) in [5.41, 5.74) is 3.68. The van der Waals surface area contributed by atoms with E-state index in [1.807, 2.05) is 26.0 Å². The number of halogens is 1. The van der Waals surface area contributed by atoms with Gasteiger partial charge in [0, 0.05) is 30.2 Å². The van der Waals surface area contributed by atoms with Gasteiger partial charge in [-0.15, -0.1) is 0 Å². The van der Waals surface area contributed by atoms with E-state index in [2.05, 4.69) is 25.1 Å². The van der Waals surface area contributed by atoms with Crippen molar-refractivity contribution in [2.45, 2.75) is 33.4 Å². The van der Waals surface area contributed by atoms with E-state index in [1.165, 1.54) is 12.4 Å². The zero-order valence-corrected chi connectivity index (χ0v) is 19.8. The van der Waals surface area contributed by atoms with Crippen LogP contribution in [0.5, 0.6) is 5.75 Å². The van der Waals surface area contributed by atoms with Gasteiger partial charge in [0.05, 0.1) is 23.3 Å². The highest BCUT2D eigenvalue weighted by molar-refractivity contribution is 6.35. The van der Waals surface area contributed by atoms with Crippen molar-refractivity contribution in [2.24, 2.45) is 0 Å². The zero-order valence-electron chi connectivity index (χ0n) is 19.0. The van der Waals surface area contributed by atoms with Crippen molar-refractivity contribution in [3.05, 3.63) is 86.0 Å². The van der Waals surface area contributed by atoms with Crippen LogP contribution in [-0.2, 0) is 19.6 Å². The first-order valence-electron chi connectivity index (χ1n) is 10.9. The van der Waals surface area contributed by atoms with Gasteiger partial charge in [-0.1, -0.05) is 22.8 Å². The Hall–Kier alpha value is -4.05. The van der Waals surface area contributed by atoms with Crippen LogP contribution in [0, 0.1) is 13.8 Å². The maximum Gasteiger partial charge on any atom is 0.264 e. The van der Waals surface area contributed by atoms with E-state index in [9.17, 15) is 9.59 Å². The van der Waals surface area contributed by atoms with Gasteiger partial charge in [0.2, 0.25) is 5.82 Å². The first-order valence-corrected chi connectivity index (χ1v) is 11.3. The SMILES string of the molecule is Cc1cc(C)c(CN2CCc3ccc(OCc4nc(-c5cnccn5)no4)c(Cl)c3C2=O)c(=O)[nH]1. The number of pyridine rings is 1. The van der Waals surface area contributed by atoms with E-state index in [0.717, 1.165) is 16.8 Å². The fraction of sp³-hybridized carbons (Fsp3) is 0.250. The molecule has 5 rings (SSSR count). The second-order valence-electron chi connectivity index (χ2n) is 8.22. The number of nitrogens with one attached hydrogen (secondary N) is 1. The van der Waals surface area contributed by atoms with Crippen molar-refractivity contribution in [3.8, 4) is 17.3 Å². The van der Waals surface area contributed by atoms with Gasteiger partial charge < -0.3 is 19.1 Å². The van der Waals surface area contributed by atoms with Crippen LogP contribution >= 0.6 is 11.6 Å². The smallest absolute Gasteiger partial charge is 0.264 e. The Labute approximate surface area is 204 Å². The molecule has 35 heavy (non-hydrogen) atoms. The minimum atomic E-state index is -0.246. The number of nitrogens with zero attached hydrogens (tertiary/aromatic N) is 5. The van der Waals surface area contributed by atoms with Crippen molar-refractivity contribution in [2.75, 3.05) is 6.54 Å². The second kappa shape index (κ2) is 9.30. The van der Waals surface area contributed by atoms with Gasteiger partial charge in [-0.3, -0.25) is 14.6 Å². The first kappa shape index (κ1) is 22.7. The molecule has 1 aliphatic rings. The number of amides is 1. The van der Waals surface area contributed by atoms with E-state index in [1.54, 1.807) is 17.2 Å². The highest BCUT2D eigenvalue weighted by atomic mass is 35.5. The fourth-order valence-electron chi connectivity index (χ4n) is 4.05. The van der Waals surface area contributed by atoms with Crippen molar-refractivity contribution < 1.29 is 14.1 Å². The Kier molecular flexibility index (Phi) is 6.04. The lowest BCUT2D eigenvalue weighted by Gasteiger charge is -2.30. The molecule has 4 heterocycles. The van der Waals surface area contributed by atoms with Gasteiger partial charge in [0.1, 0.15) is 11.4 Å². The highest BCUT2D eigenvalue weighted by Gasteiger charge is 2.29. The number of aromatic nitrogens is 5. The summed E-state index contributed by atoms with van der Waals surface area (Å²) < 4.78 is 11.0. The summed E-state index contributed by atoms with van der Waals surface area (Å²) in [7, 11) is 0. The highest BCUT2D eigenvalue weighted by Crippen LogP contribution is 2.35. The number of hydrogen-bond acceptors (Lipinski definition) is 8. The van der Waals surface area contributed by atoms with E-state index < -0.39 is 0 Å². The van der Waals surface area contributed by atoms with Gasteiger partial charge in [-0.25, -0.2) is 4.98 Å². The summed E-state index contributed by atoms with van der Waals surface area (Å²) in [6.07, 6.45) is 5.23. The quantitative estimate of drug-likeness (QED) is 0.434. The molecular weight excluding hydrogens is 472 g/mol. The van der Waals surface area contributed by atoms with E-state index >= 15 is 0 Å². The lowest BCUT2D eigenvalue weighted by molar-refractivity contribution is 0.0725. The fourth-order valence-corrected chi connectivity index (χ4v) is 4.37. The maximum atomic E-state index is 13.3. The predicted octanol–water partition coefficient (Wildman–Crippen LogP) is 3.26. The Bertz CT molecular complexity index is 1470. The monoisotopic (exact) mass is 492 g/mol. The molecule has 10 nitrogen and oxygen atoms in total. The molecule has 0 fully saturated rings. The Morgan fingerprint density at radius 2 is 2.09 bits per heavy atom. The van der Waals surface area contributed by atoms with Gasteiger partial charge in [0.15, 0.2) is 6.61 Å². The summed E-state index contributed by atoms with van der Waals surface area (Å²) in [6, 6.07) is 5.44. The summed E-state index contributed by atoms with van der Waals surface area (Å²) in [5, 5.41) is 4.09. The van der Waals surface area contributed by atoms with Gasteiger partial charge in [0.25, 0.3) is 17.4 Å². The van der Waals surface area contributed by atoms with Crippen LogP contribution in [0.25, 0.3) is 11.5 Å². The lowest BCUT2D eigenvalue weighted by Crippen LogP contribution is -2.39. The maximum absolute atomic E-state index is 13.3. The standard InChI is InChI=1S/C24H21ClN6O4/c1-13-9-14(2)28-23(32)16(13)11-31-8-5-15-3-4-18(21(25)20(15)24(31)33)34-12-19-29-22(30-35-19)17-10-26-6-7-27-17/h3-4,6-7,9-10H,5,8,11-12H2,1-2H3,(H,28,32). The Balaban J connectivity index is 1.34. The van der Waals surface area contributed by atoms with Crippen molar-refractivity contribution in [3.63, 3.8) is 0 Å².